The van der Waals surface area contributed by atoms with Crippen LogP contribution in [-0.4, -0.2) is 40.7 Å². The molecule has 0 saturated carbocycles. The number of hydrogen-bond acceptors (Lipinski definition) is 6. The van der Waals surface area contributed by atoms with Crippen LogP contribution in [0.3, 0.4) is 0 Å². The first-order valence-electron chi connectivity index (χ1n) is 9.36. The van der Waals surface area contributed by atoms with Crippen LogP contribution >= 0.6 is 39.9 Å². The van der Waals surface area contributed by atoms with E-state index < -0.39 is 5.97 Å². The molecule has 0 unspecified atom stereocenters. The zero-order chi connectivity index (χ0) is 22.4. The number of carbonyl (C=O) groups excluding carboxylic acids is 3. The summed E-state index contributed by atoms with van der Waals surface area (Å²) in [4.78, 5) is 38.4. The lowest BCUT2D eigenvalue weighted by molar-refractivity contribution is -0.122. The van der Waals surface area contributed by atoms with Gasteiger partial charge in [-0.1, -0.05) is 58.1 Å². The predicted octanol–water partition coefficient (Wildman–Crippen LogP) is 4.86. The quantitative estimate of drug-likeness (QED) is 0.320. The van der Waals surface area contributed by atoms with Gasteiger partial charge in [-0.25, -0.2) is 4.79 Å². The van der Waals surface area contributed by atoms with Crippen molar-refractivity contribution >= 4 is 73.8 Å². The van der Waals surface area contributed by atoms with Crippen molar-refractivity contribution in [2.45, 2.75) is 12.8 Å². The SMILES string of the molecule is COC(=O)c1ccc(/C=C2\SC(=S)N(CCCC(=O)Nc3cccc(Br)c3)C2=O)cc1. The van der Waals surface area contributed by atoms with Gasteiger partial charge in [-0.15, -0.1) is 0 Å². The van der Waals surface area contributed by atoms with Gasteiger partial charge in [-0.05, 0) is 48.4 Å². The number of nitrogens with zero attached hydrogens (tertiary/aromatic N) is 1. The minimum Gasteiger partial charge on any atom is -0.465 e. The van der Waals surface area contributed by atoms with E-state index in [9.17, 15) is 14.4 Å². The van der Waals surface area contributed by atoms with E-state index in [2.05, 4.69) is 26.0 Å². The number of amides is 2. The summed E-state index contributed by atoms with van der Waals surface area (Å²) >= 11 is 9.93. The summed E-state index contributed by atoms with van der Waals surface area (Å²) in [6.07, 6.45) is 2.51. The van der Waals surface area contributed by atoms with E-state index in [0.717, 1.165) is 10.0 Å². The molecule has 1 aliphatic heterocycles. The Labute approximate surface area is 198 Å². The molecule has 2 aromatic rings. The maximum atomic E-state index is 12.7. The zero-order valence-electron chi connectivity index (χ0n) is 16.6. The van der Waals surface area contributed by atoms with Crippen LogP contribution in [-0.2, 0) is 14.3 Å². The predicted molar refractivity (Wildman–Crippen MR) is 130 cm³/mol. The van der Waals surface area contributed by atoms with Crippen molar-refractivity contribution in [2.75, 3.05) is 19.0 Å². The van der Waals surface area contributed by atoms with Crippen LogP contribution < -0.4 is 5.32 Å². The fourth-order valence-corrected chi connectivity index (χ4v) is 4.57. The first-order valence-corrected chi connectivity index (χ1v) is 11.4. The summed E-state index contributed by atoms with van der Waals surface area (Å²) < 4.78 is 6.03. The number of halogens is 1. The Bertz CT molecular complexity index is 1050. The van der Waals surface area contributed by atoms with Crippen molar-refractivity contribution in [1.29, 1.82) is 0 Å². The molecule has 0 atom stereocenters. The molecule has 0 bridgehead atoms. The first-order chi connectivity index (χ1) is 14.9. The van der Waals surface area contributed by atoms with Crippen molar-refractivity contribution < 1.29 is 19.1 Å². The van der Waals surface area contributed by atoms with E-state index in [1.54, 1.807) is 30.3 Å². The number of benzene rings is 2. The number of hydrogen-bond donors (Lipinski definition) is 1. The molecule has 1 saturated heterocycles. The molecular formula is C22H19BrN2O4S2. The van der Waals surface area contributed by atoms with E-state index in [1.807, 2.05) is 24.3 Å². The van der Waals surface area contributed by atoms with Gasteiger partial charge in [0, 0.05) is 23.1 Å². The van der Waals surface area contributed by atoms with Gasteiger partial charge >= 0.3 is 5.97 Å². The standard InChI is InChI=1S/C22H19BrN2O4S2/c1-29-21(28)15-9-7-14(8-10-15)12-18-20(27)25(22(30)31-18)11-3-6-19(26)24-17-5-2-4-16(23)13-17/h2,4-5,7-10,12-13H,3,6,11H2,1H3,(H,24,26)/b18-12-. The Morgan fingerprint density at radius 3 is 2.65 bits per heavy atom. The van der Waals surface area contributed by atoms with Crippen molar-refractivity contribution in [3.8, 4) is 0 Å². The first kappa shape index (κ1) is 23.2. The average Bonchev–Trinajstić information content (AvgIpc) is 3.01. The average molecular weight is 519 g/mol. The Balaban J connectivity index is 1.54. The van der Waals surface area contributed by atoms with Gasteiger partial charge < -0.3 is 10.1 Å². The molecule has 0 aromatic heterocycles. The van der Waals surface area contributed by atoms with E-state index in [0.29, 0.717) is 33.4 Å². The second kappa shape index (κ2) is 10.7. The molecule has 1 heterocycles. The van der Waals surface area contributed by atoms with E-state index in [-0.39, 0.29) is 18.2 Å². The maximum absolute atomic E-state index is 12.7. The summed E-state index contributed by atoms with van der Waals surface area (Å²) in [6, 6.07) is 14.1. The number of thioether (sulfide) groups is 1. The summed E-state index contributed by atoms with van der Waals surface area (Å²) in [7, 11) is 1.33. The number of methoxy groups -OCH3 is 1. The topological polar surface area (TPSA) is 75.7 Å². The highest BCUT2D eigenvalue weighted by Gasteiger charge is 2.31. The Hall–Kier alpha value is -2.49. The molecule has 2 aromatic carbocycles. The number of esters is 1. The van der Waals surface area contributed by atoms with Crippen LogP contribution in [0.2, 0.25) is 0 Å². The number of anilines is 1. The molecule has 0 radical (unpaired) electrons. The molecule has 31 heavy (non-hydrogen) atoms. The Kier molecular flexibility index (Phi) is 8.00. The second-order valence-corrected chi connectivity index (χ2v) is 9.20. The maximum Gasteiger partial charge on any atom is 0.337 e. The van der Waals surface area contributed by atoms with Gasteiger partial charge in [-0.2, -0.15) is 0 Å². The van der Waals surface area contributed by atoms with Crippen LogP contribution in [0.1, 0.15) is 28.8 Å². The normalized spacial score (nSPS) is 14.8. The van der Waals surface area contributed by atoms with Crippen molar-refractivity contribution in [3.05, 3.63) is 69.0 Å². The number of carbonyl (C=O) groups is 3. The molecule has 0 aliphatic carbocycles. The fourth-order valence-electron chi connectivity index (χ4n) is 2.86. The van der Waals surface area contributed by atoms with Gasteiger partial charge in [0.05, 0.1) is 17.6 Å². The minimum absolute atomic E-state index is 0.121. The van der Waals surface area contributed by atoms with Crippen LogP contribution in [0.5, 0.6) is 0 Å². The highest BCUT2D eigenvalue weighted by atomic mass is 79.9. The van der Waals surface area contributed by atoms with Crippen molar-refractivity contribution in [1.82, 2.24) is 4.90 Å². The van der Waals surface area contributed by atoms with E-state index in [1.165, 1.54) is 23.8 Å². The van der Waals surface area contributed by atoms with Crippen molar-refractivity contribution in [3.63, 3.8) is 0 Å². The summed E-state index contributed by atoms with van der Waals surface area (Å²) in [5.74, 6) is -0.717. The molecule has 1 N–H and O–H groups in total. The highest BCUT2D eigenvalue weighted by Crippen LogP contribution is 2.32. The second-order valence-electron chi connectivity index (χ2n) is 6.61. The van der Waals surface area contributed by atoms with Crippen LogP contribution in [0, 0.1) is 0 Å². The third-order valence-corrected chi connectivity index (χ3v) is 6.27. The molecule has 1 aliphatic rings. The fraction of sp³-hybridized carbons (Fsp3) is 0.182. The zero-order valence-corrected chi connectivity index (χ0v) is 19.8. The number of rotatable bonds is 7. The molecule has 0 spiro atoms. The minimum atomic E-state index is -0.415. The third kappa shape index (κ3) is 6.25. The lowest BCUT2D eigenvalue weighted by Crippen LogP contribution is -2.29. The smallest absolute Gasteiger partial charge is 0.337 e. The van der Waals surface area contributed by atoms with Gasteiger partial charge in [0.2, 0.25) is 5.91 Å². The Morgan fingerprint density at radius 2 is 1.97 bits per heavy atom. The molecule has 1 fully saturated rings. The monoisotopic (exact) mass is 518 g/mol. The highest BCUT2D eigenvalue weighted by molar-refractivity contribution is 9.10. The summed E-state index contributed by atoms with van der Waals surface area (Å²) in [6.45, 7) is 0.370. The van der Waals surface area contributed by atoms with Crippen molar-refractivity contribution in [2.24, 2.45) is 0 Å². The number of thiocarbonyl (C=S) groups is 1. The van der Waals surface area contributed by atoms with Gasteiger partial charge in [0.25, 0.3) is 5.91 Å². The molecule has 9 heteroatoms. The number of nitrogens with one attached hydrogen (secondary N) is 1. The van der Waals surface area contributed by atoms with E-state index in [4.69, 9.17) is 12.2 Å². The molecule has 2 amide bonds. The lowest BCUT2D eigenvalue weighted by atomic mass is 10.1. The largest absolute Gasteiger partial charge is 0.465 e. The number of ether oxygens (including phenoxy) is 1. The van der Waals surface area contributed by atoms with Crippen LogP contribution in [0.15, 0.2) is 57.9 Å². The van der Waals surface area contributed by atoms with Crippen LogP contribution in [0.25, 0.3) is 6.08 Å². The Morgan fingerprint density at radius 1 is 1.23 bits per heavy atom. The lowest BCUT2D eigenvalue weighted by Gasteiger charge is -2.14. The molecule has 160 valence electrons. The molecular weight excluding hydrogens is 500 g/mol. The van der Waals surface area contributed by atoms with Gasteiger partial charge in [-0.3, -0.25) is 14.5 Å². The molecule has 6 nitrogen and oxygen atoms in total. The van der Waals surface area contributed by atoms with E-state index >= 15 is 0 Å². The van der Waals surface area contributed by atoms with Gasteiger partial charge in [0.15, 0.2) is 0 Å². The van der Waals surface area contributed by atoms with Gasteiger partial charge in [0.1, 0.15) is 4.32 Å². The summed E-state index contributed by atoms with van der Waals surface area (Å²) in [5, 5.41) is 2.83. The summed E-state index contributed by atoms with van der Waals surface area (Å²) in [5.41, 5.74) is 1.93. The third-order valence-electron chi connectivity index (χ3n) is 4.40. The molecule has 3 rings (SSSR count). The van der Waals surface area contributed by atoms with Crippen LogP contribution in [0.4, 0.5) is 5.69 Å².